The zero-order valence-electron chi connectivity index (χ0n) is 10.5. The van der Waals surface area contributed by atoms with E-state index in [9.17, 15) is 9.90 Å². The fourth-order valence-corrected chi connectivity index (χ4v) is 2.62. The number of hydrogen-bond donors (Lipinski definition) is 2. The van der Waals surface area contributed by atoms with Gasteiger partial charge in [0.15, 0.2) is 11.5 Å². The summed E-state index contributed by atoms with van der Waals surface area (Å²) in [4.78, 5) is 12.0. The second-order valence-corrected chi connectivity index (χ2v) is 5.13. The molecule has 2 heterocycles. The van der Waals surface area contributed by atoms with Gasteiger partial charge in [0.25, 0.3) is 5.91 Å². The van der Waals surface area contributed by atoms with E-state index in [0.717, 1.165) is 5.56 Å². The van der Waals surface area contributed by atoms with Gasteiger partial charge in [0, 0.05) is 12.1 Å². The van der Waals surface area contributed by atoms with Gasteiger partial charge in [-0.1, -0.05) is 0 Å². The van der Waals surface area contributed by atoms with E-state index in [2.05, 4.69) is 5.32 Å². The van der Waals surface area contributed by atoms with Gasteiger partial charge in [0.2, 0.25) is 6.79 Å². The smallest absolute Gasteiger partial charge is 0.251 e. The highest BCUT2D eigenvalue weighted by Gasteiger charge is 2.17. The van der Waals surface area contributed by atoms with Crippen LogP contribution < -0.4 is 14.8 Å². The predicted octanol–water partition coefficient (Wildman–Crippen LogP) is 1.94. The van der Waals surface area contributed by atoms with Crippen molar-refractivity contribution < 1.29 is 19.4 Å². The van der Waals surface area contributed by atoms with Crippen molar-refractivity contribution in [2.75, 3.05) is 13.3 Å². The molecule has 1 aliphatic heterocycles. The van der Waals surface area contributed by atoms with E-state index in [1.54, 1.807) is 18.2 Å². The normalized spacial score (nSPS) is 14.1. The summed E-state index contributed by atoms with van der Waals surface area (Å²) in [5.41, 5.74) is 1.28. The minimum absolute atomic E-state index is 0.171. The molecule has 6 heteroatoms. The van der Waals surface area contributed by atoms with Gasteiger partial charge in [-0.05, 0) is 40.6 Å². The van der Waals surface area contributed by atoms with Gasteiger partial charge in [-0.15, -0.1) is 0 Å². The number of nitrogens with one attached hydrogen (secondary N) is 1. The third-order valence-electron chi connectivity index (χ3n) is 3.02. The van der Waals surface area contributed by atoms with Crippen molar-refractivity contribution in [2.24, 2.45) is 0 Å². The molecule has 0 bridgehead atoms. The van der Waals surface area contributed by atoms with Gasteiger partial charge in [-0.25, -0.2) is 0 Å². The number of aliphatic hydroxyl groups excluding tert-OH is 1. The number of hydrogen-bond acceptors (Lipinski definition) is 5. The summed E-state index contributed by atoms with van der Waals surface area (Å²) in [5, 5.41) is 16.4. The van der Waals surface area contributed by atoms with Crippen molar-refractivity contribution in [1.82, 2.24) is 5.32 Å². The van der Waals surface area contributed by atoms with E-state index in [0.29, 0.717) is 17.1 Å². The molecule has 0 saturated carbocycles. The number of thiophene rings is 1. The van der Waals surface area contributed by atoms with Crippen LogP contribution >= 0.6 is 11.3 Å². The zero-order chi connectivity index (χ0) is 13.9. The highest BCUT2D eigenvalue weighted by atomic mass is 32.1. The first-order chi connectivity index (χ1) is 9.74. The van der Waals surface area contributed by atoms with Crippen molar-refractivity contribution in [3.05, 3.63) is 46.2 Å². The summed E-state index contributed by atoms with van der Waals surface area (Å²) in [6, 6.07) is 6.84. The van der Waals surface area contributed by atoms with Crippen LogP contribution in [0.2, 0.25) is 0 Å². The molecule has 2 aromatic rings. The van der Waals surface area contributed by atoms with E-state index in [4.69, 9.17) is 9.47 Å². The Bertz CT molecular complexity index is 612. The van der Waals surface area contributed by atoms with Gasteiger partial charge in [-0.3, -0.25) is 4.79 Å². The summed E-state index contributed by atoms with van der Waals surface area (Å²) in [6.45, 7) is 0.348. The Labute approximate surface area is 119 Å². The molecule has 2 N–H and O–H groups in total. The van der Waals surface area contributed by atoms with E-state index in [-0.39, 0.29) is 19.2 Å². The predicted molar refractivity (Wildman–Crippen MR) is 74.2 cm³/mol. The first-order valence-corrected chi connectivity index (χ1v) is 7.06. The van der Waals surface area contributed by atoms with Gasteiger partial charge in [0.1, 0.15) is 0 Å². The Morgan fingerprint density at radius 2 is 2.20 bits per heavy atom. The molecule has 104 valence electrons. The molecule has 1 atom stereocenters. The SMILES string of the molecule is O=C(NC[C@H](O)c1ccsc1)c1ccc2c(c1)OCO2. The Kier molecular flexibility index (Phi) is 3.58. The molecule has 0 aliphatic carbocycles. The molecule has 0 radical (unpaired) electrons. The number of amides is 1. The zero-order valence-corrected chi connectivity index (χ0v) is 11.4. The molecule has 0 spiro atoms. The lowest BCUT2D eigenvalue weighted by Crippen LogP contribution is -2.28. The van der Waals surface area contributed by atoms with Gasteiger partial charge in [0.05, 0.1) is 6.10 Å². The standard InChI is InChI=1S/C14H13NO4S/c16-11(10-3-4-20-7-10)6-15-14(17)9-1-2-12-13(5-9)19-8-18-12/h1-5,7,11,16H,6,8H2,(H,15,17)/t11-/m0/s1. The summed E-state index contributed by atoms with van der Waals surface area (Å²) < 4.78 is 10.4. The molecule has 1 aliphatic rings. The number of carbonyl (C=O) groups excluding carboxylic acids is 1. The summed E-state index contributed by atoms with van der Waals surface area (Å²) in [6.07, 6.45) is -0.695. The number of rotatable bonds is 4. The molecular formula is C14H13NO4S. The van der Waals surface area contributed by atoms with E-state index in [1.165, 1.54) is 11.3 Å². The van der Waals surface area contributed by atoms with Crippen LogP contribution in [0.25, 0.3) is 0 Å². The first kappa shape index (κ1) is 13.0. The highest BCUT2D eigenvalue weighted by Crippen LogP contribution is 2.32. The average Bonchev–Trinajstić information content (AvgIpc) is 3.13. The molecule has 0 unspecified atom stereocenters. The molecule has 1 aromatic heterocycles. The summed E-state index contributed by atoms with van der Waals surface area (Å²) in [7, 11) is 0. The van der Waals surface area contributed by atoms with Gasteiger partial charge in [-0.2, -0.15) is 11.3 Å². The van der Waals surface area contributed by atoms with Crippen LogP contribution in [-0.2, 0) is 0 Å². The minimum atomic E-state index is -0.695. The number of benzene rings is 1. The maximum Gasteiger partial charge on any atom is 0.251 e. The van der Waals surface area contributed by atoms with Crippen molar-refractivity contribution in [3.8, 4) is 11.5 Å². The topological polar surface area (TPSA) is 67.8 Å². The lowest BCUT2D eigenvalue weighted by Gasteiger charge is -2.10. The Balaban J connectivity index is 1.62. The number of carbonyl (C=O) groups is 1. The van der Waals surface area contributed by atoms with Crippen molar-refractivity contribution in [3.63, 3.8) is 0 Å². The van der Waals surface area contributed by atoms with Crippen LogP contribution in [-0.4, -0.2) is 24.4 Å². The quantitative estimate of drug-likeness (QED) is 0.903. The van der Waals surface area contributed by atoms with Crippen LogP contribution in [0.4, 0.5) is 0 Å². The maximum absolute atomic E-state index is 12.0. The van der Waals surface area contributed by atoms with Crippen LogP contribution in [0.3, 0.4) is 0 Å². The second kappa shape index (κ2) is 5.52. The van der Waals surface area contributed by atoms with Crippen LogP contribution in [0.5, 0.6) is 11.5 Å². The fourth-order valence-electron chi connectivity index (χ4n) is 1.91. The number of fused-ring (bicyclic) bond motifs is 1. The summed E-state index contributed by atoms with van der Waals surface area (Å²) in [5.74, 6) is 0.952. The van der Waals surface area contributed by atoms with Crippen LogP contribution in [0.1, 0.15) is 22.0 Å². The largest absolute Gasteiger partial charge is 0.454 e. The number of ether oxygens (including phenoxy) is 2. The maximum atomic E-state index is 12.0. The Morgan fingerprint density at radius 3 is 3.00 bits per heavy atom. The van der Waals surface area contributed by atoms with E-state index >= 15 is 0 Å². The van der Waals surface area contributed by atoms with Crippen LogP contribution in [0.15, 0.2) is 35.0 Å². The number of aliphatic hydroxyl groups is 1. The highest BCUT2D eigenvalue weighted by molar-refractivity contribution is 7.07. The molecule has 5 nitrogen and oxygen atoms in total. The van der Waals surface area contributed by atoms with E-state index in [1.807, 2.05) is 16.8 Å². The van der Waals surface area contributed by atoms with Gasteiger partial charge < -0.3 is 19.9 Å². The molecule has 1 amide bonds. The van der Waals surface area contributed by atoms with Crippen molar-refractivity contribution in [2.45, 2.75) is 6.10 Å². The minimum Gasteiger partial charge on any atom is -0.454 e. The Morgan fingerprint density at radius 1 is 1.35 bits per heavy atom. The third kappa shape index (κ3) is 2.61. The Hall–Kier alpha value is -2.05. The molecule has 3 rings (SSSR count). The van der Waals surface area contributed by atoms with Crippen LogP contribution in [0, 0.1) is 0 Å². The lowest BCUT2D eigenvalue weighted by molar-refractivity contribution is 0.0916. The van der Waals surface area contributed by atoms with Gasteiger partial charge >= 0.3 is 0 Å². The molecule has 1 aromatic carbocycles. The van der Waals surface area contributed by atoms with E-state index < -0.39 is 6.10 Å². The van der Waals surface area contributed by atoms with Crippen molar-refractivity contribution >= 4 is 17.2 Å². The third-order valence-corrected chi connectivity index (χ3v) is 3.72. The average molecular weight is 291 g/mol. The van der Waals surface area contributed by atoms with Crippen molar-refractivity contribution in [1.29, 1.82) is 0 Å². The summed E-state index contributed by atoms with van der Waals surface area (Å²) >= 11 is 1.51. The first-order valence-electron chi connectivity index (χ1n) is 6.12. The molecule has 20 heavy (non-hydrogen) atoms. The monoisotopic (exact) mass is 291 g/mol. The molecule has 0 fully saturated rings. The fraction of sp³-hybridized carbons (Fsp3) is 0.214. The molecule has 0 saturated heterocycles. The molecular weight excluding hydrogens is 278 g/mol. The lowest BCUT2D eigenvalue weighted by atomic mass is 10.1. The second-order valence-electron chi connectivity index (χ2n) is 4.35.